The number of rotatable bonds is 7. The molecule has 0 aliphatic rings. The van der Waals surface area contributed by atoms with Gasteiger partial charge in [-0.3, -0.25) is 9.10 Å². The van der Waals surface area contributed by atoms with Crippen molar-refractivity contribution in [2.75, 3.05) is 16.2 Å². The Kier molecular flexibility index (Phi) is 6.29. The standard InChI is InChI=1S/C22H21FN2O3S/c1-2-17-12-14-18(15-13-17)25(29(27,28)19-8-4-3-5-9-19)16-22(26)24-21-11-7-6-10-20(21)23/h3-15H,2,16H2,1H3,(H,24,26). The van der Waals surface area contributed by atoms with Crippen molar-refractivity contribution in [3.05, 3.63) is 90.2 Å². The average molecular weight is 412 g/mol. The van der Waals surface area contributed by atoms with Crippen molar-refractivity contribution >= 4 is 27.3 Å². The van der Waals surface area contributed by atoms with E-state index in [1.165, 1.54) is 30.3 Å². The van der Waals surface area contributed by atoms with E-state index in [2.05, 4.69) is 5.32 Å². The minimum Gasteiger partial charge on any atom is -0.322 e. The lowest BCUT2D eigenvalue weighted by Gasteiger charge is -2.24. The largest absolute Gasteiger partial charge is 0.322 e. The molecule has 0 bridgehead atoms. The van der Waals surface area contributed by atoms with Gasteiger partial charge in [0.1, 0.15) is 12.4 Å². The molecule has 3 aromatic carbocycles. The number of amides is 1. The number of hydrogen-bond donors (Lipinski definition) is 1. The third kappa shape index (κ3) is 4.81. The Labute approximate surface area is 169 Å². The van der Waals surface area contributed by atoms with Crippen LogP contribution in [0.3, 0.4) is 0 Å². The predicted octanol–water partition coefficient (Wildman–Crippen LogP) is 4.22. The number of sulfonamides is 1. The van der Waals surface area contributed by atoms with Gasteiger partial charge in [0.25, 0.3) is 10.0 Å². The molecular weight excluding hydrogens is 391 g/mol. The summed E-state index contributed by atoms with van der Waals surface area (Å²) in [6.07, 6.45) is 0.805. The molecular formula is C22H21FN2O3S. The molecule has 29 heavy (non-hydrogen) atoms. The number of nitrogens with one attached hydrogen (secondary N) is 1. The number of aryl methyl sites for hydroxylation is 1. The number of hydrogen-bond acceptors (Lipinski definition) is 3. The van der Waals surface area contributed by atoms with Gasteiger partial charge in [0, 0.05) is 0 Å². The van der Waals surface area contributed by atoms with E-state index < -0.39 is 28.3 Å². The molecule has 1 N–H and O–H groups in total. The van der Waals surface area contributed by atoms with Crippen LogP contribution in [0.2, 0.25) is 0 Å². The van der Waals surface area contributed by atoms with E-state index in [0.717, 1.165) is 16.3 Å². The smallest absolute Gasteiger partial charge is 0.264 e. The van der Waals surface area contributed by atoms with Crippen molar-refractivity contribution in [2.24, 2.45) is 0 Å². The summed E-state index contributed by atoms with van der Waals surface area (Å²) < 4.78 is 41.3. The average Bonchev–Trinajstić information content (AvgIpc) is 2.74. The van der Waals surface area contributed by atoms with Crippen molar-refractivity contribution in [3.63, 3.8) is 0 Å². The predicted molar refractivity (Wildman–Crippen MR) is 112 cm³/mol. The van der Waals surface area contributed by atoms with Crippen LogP contribution in [0.1, 0.15) is 12.5 Å². The van der Waals surface area contributed by atoms with Crippen LogP contribution in [0.25, 0.3) is 0 Å². The van der Waals surface area contributed by atoms with Gasteiger partial charge in [-0.1, -0.05) is 49.4 Å². The molecule has 3 rings (SSSR count). The molecule has 0 heterocycles. The van der Waals surface area contributed by atoms with Gasteiger partial charge in [-0.25, -0.2) is 12.8 Å². The van der Waals surface area contributed by atoms with Crippen LogP contribution in [0.5, 0.6) is 0 Å². The molecule has 3 aromatic rings. The van der Waals surface area contributed by atoms with Crippen LogP contribution in [-0.2, 0) is 21.2 Å². The van der Waals surface area contributed by atoms with E-state index in [4.69, 9.17) is 0 Å². The maximum atomic E-state index is 13.8. The molecule has 0 aliphatic carbocycles. The van der Waals surface area contributed by atoms with Crippen LogP contribution in [-0.4, -0.2) is 20.9 Å². The molecule has 0 aliphatic heterocycles. The van der Waals surface area contributed by atoms with Gasteiger partial charge in [0.05, 0.1) is 16.3 Å². The molecule has 5 nitrogen and oxygen atoms in total. The van der Waals surface area contributed by atoms with E-state index in [0.29, 0.717) is 5.69 Å². The fraction of sp³-hybridized carbons (Fsp3) is 0.136. The molecule has 0 unspecified atom stereocenters. The Bertz CT molecular complexity index is 1080. The van der Waals surface area contributed by atoms with E-state index in [1.807, 2.05) is 19.1 Å². The van der Waals surface area contributed by atoms with Crippen molar-refractivity contribution in [1.82, 2.24) is 0 Å². The van der Waals surface area contributed by atoms with Crippen molar-refractivity contribution in [3.8, 4) is 0 Å². The highest BCUT2D eigenvalue weighted by atomic mass is 32.2. The third-order valence-corrected chi connectivity index (χ3v) is 6.19. The number of para-hydroxylation sites is 1. The fourth-order valence-electron chi connectivity index (χ4n) is 2.82. The number of nitrogens with zero attached hydrogens (tertiary/aromatic N) is 1. The minimum absolute atomic E-state index is 0.00381. The highest BCUT2D eigenvalue weighted by Gasteiger charge is 2.27. The minimum atomic E-state index is -3.99. The zero-order valence-electron chi connectivity index (χ0n) is 15.9. The fourth-order valence-corrected chi connectivity index (χ4v) is 4.26. The summed E-state index contributed by atoms with van der Waals surface area (Å²) in [5, 5.41) is 2.44. The number of carbonyl (C=O) groups is 1. The summed E-state index contributed by atoms with van der Waals surface area (Å²) in [4.78, 5) is 12.6. The first-order valence-electron chi connectivity index (χ1n) is 9.13. The molecule has 0 saturated carbocycles. The van der Waals surface area contributed by atoms with Gasteiger partial charge >= 0.3 is 0 Å². The van der Waals surface area contributed by atoms with Gasteiger partial charge in [-0.15, -0.1) is 0 Å². The third-order valence-electron chi connectivity index (χ3n) is 4.40. The first-order valence-corrected chi connectivity index (χ1v) is 10.6. The lowest BCUT2D eigenvalue weighted by Crippen LogP contribution is -2.38. The molecule has 0 saturated heterocycles. The first-order chi connectivity index (χ1) is 13.9. The summed E-state index contributed by atoms with van der Waals surface area (Å²) >= 11 is 0. The van der Waals surface area contributed by atoms with Crippen molar-refractivity contribution in [1.29, 1.82) is 0 Å². The van der Waals surface area contributed by atoms with Gasteiger partial charge in [0.2, 0.25) is 5.91 Å². The summed E-state index contributed by atoms with van der Waals surface area (Å²) in [6.45, 7) is 1.51. The Morgan fingerprint density at radius 2 is 1.55 bits per heavy atom. The maximum absolute atomic E-state index is 13.8. The normalized spacial score (nSPS) is 11.1. The molecule has 0 atom stereocenters. The number of halogens is 1. The number of benzene rings is 3. The number of anilines is 2. The highest BCUT2D eigenvalue weighted by Crippen LogP contribution is 2.24. The van der Waals surface area contributed by atoms with E-state index in [-0.39, 0.29) is 10.6 Å². The highest BCUT2D eigenvalue weighted by molar-refractivity contribution is 7.92. The monoisotopic (exact) mass is 412 g/mol. The molecule has 7 heteroatoms. The molecule has 0 spiro atoms. The SMILES string of the molecule is CCc1ccc(N(CC(=O)Nc2ccccc2F)S(=O)(=O)c2ccccc2)cc1. The number of carbonyl (C=O) groups excluding carboxylic acids is 1. The Balaban J connectivity index is 1.94. The van der Waals surface area contributed by atoms with Gasteiger partial charge in [-0.2, -0.15) is 0 Å². The molecule has 150 valence electrons. The summed E-state index contributed by atoms with van der Waals surface area (Å²) in [5.74, 6) is -1.24. The van der Waals surface area contributed by atoms with E-state index >= 15 is 0 Å². The Morgan fingerprint density at radius 3 is 2.17 bits per heavy atom. The molecule has 0 aromatic heterocycles. The maximum Gasteiger partial charge on any atom is 0.264 e. The zero-order chi connectivity index (χ0) is 20.9. The second-order valence-electron chi connectivity index (χ2n) is 6.37. The molecule has 0 radical (unpaired) electrons. The van der Waals surface area contributed by atoms with Crippen LogP contribution in [0, 0.1) is 5.82 Å². The van der Waals surface area contributed by atoms with Gasteiger partial charge in [-0.05, 0) is 48.4 Å². The van der Waals surface area contributed by atoms with Crippen LogP contribution >= 0.6 is 0 Å². The van der Waals surface area contributed by atoms with Crippen LogP contribution in [0.4, 0.5) is 15.8 Å². The summed E-state index contributed by atoms with van der Waals surface area (Å²) in [7, 11) is -3.99. The molecule has 0 fully saturated rings. The topological polar surface area (TPSA) is 66.5 Å². The quantitative estimate of drug-likeness (QED) is 0.632. The summed E-state index contributed by atoms with van der Waals surface area (Å²) in [5.41, 5.74) is 1.40. The van der Waals surface area contributed by atoms with E-state index in [1.54, 1.807) is 36.4 Å². The van der Waals surface area contributed by atoms with Crippen LogP contribution in [0.15, 0.2) is 83.8 Å². The summed E-state index contributed by atoms with van der Waals surface area (Å²) in [6, 6.07) is 20.6. The van der Waals surface area contributed by atoms with Gasteiger partial charge < -0.3 is 5.32 Å². The lowest BCUT2D eigenvalue weighted by molar-refractivity contribution is -0.114. The first kappa shape index (κ1) is 20.5. The Hall–Kier alpha value is -3.19. The Morgan fingerprint density at radius 1 is 0.931 bits per heavy atom. The van der Waals surface area contributed by atoms with Gasteiger partial charge in [0.15, 0.2) is 0 Å². The van der Waals surface area contributed by atoms with E-state index in [9.17, 15) is 17.6 Å². The van der Waals surface area contributed by atoms with Crippen molar-refractivity contribution < 1.29 is 17.6 Å². The lowest BCUT2D eigenvalue weighted by atomic mass is 10.1. The van der Waals surface area contributed by atoms with Crippen LogP contribution < -0.4 is 9.62 Å². The second kappa shape index (κ2) is 8.87. The zero-order valence-corrected chi connectivity index (χ0v) is 16.7. The van der Waals surface area contributed by atoms with Crippen molar-refractivity contribution in [2.45, 2.75) is 18.2 Å². The second-order valence-corrected chi connectivity index (χ2v) is 8.24. The molecule has 1 amide bonds.